The lowest BCUT2D eigenvalue weighted by molar-refractivity contribution is 0.0930. The van der Waals surface area contributed by atoms with E-state index < -0.39 is 0 Å². The zero-order chi connectivity index (χ0) is 15.4. The number of ether oxygens (including phenoxy) is 1. The van der Waals surface area contributed by atoms with Crippen LogP contribution in [0.3, 0.4) is 0 Å². The molecule has 1 atom stereocenters. The minimum Gasteiger partial charge on any atom is -0.497 e. The molecule has 0 radical (unpaired) electrons. The second-order valence-corrected chi connectivity index (χ2v) is 5.06. The van der Waals surface area contributed by atoms with Gasteiger partial charge in [-0.25, -0.2) is 0 Å². The number of nitrogens with zero attached hydrogens (tertiary/aromatic N) is 3. The van der Waals surface area contributed by atoms with Crippen LogP contribution < -0.4 is 10.1 Å². The molecule has 2 aromatic rings. The van der Waals surface area contributed by atoms with Gasteiger partial charge >= 0.3 is 0 Å². The Morgan fingerprint density at radius 2 is 2.19 bits per heavy atom. The molecule has 2 heterocycles. The van der Waals surface area contributed by atoms with Gasteiger partial charge in [-0.2, -0.15) is 5.10 Å². The number of pyridine rings is 1. The van der Waals surface area contributed by atoms with Crippen molar-refractivity contribution in [3.05, 3.63) is 41.5 Å². The van der Waals surface area contributed by atoms with Crippen LogP contribution in [-0.4, -0.2) is 33.8 Å². The number of rotatable bonds is 5. The van der Waals surface area contributed by atoms with E-state index in [1.54, 1.807) is 25.4 Å². The van der Waals surface area contributed by atoms with Crippen LogP contribution in [0.25, 0.3) is 0 Å². The molecule has 0 aliphatic carbocycles. The maximum Gasteiger partial charge on any atom is 0.270 e. The predicted molar refractivity (Wildman–Crippen MR) is 79.4 cm³/mol. The fourth-order valence-electron chi connectivity index (χ4n) is 2.12. The first kappa shape index (κ1) is 15.0. The van der Waals surface area contributed by atoms with Gasteiger partial charge in [0.1, 0.15) is 11.4 Å². The Balaban J connectivity index is 2.00. The average Bonchev–Trinajstić information content (AvgIpc) is 2.76. The average molecular weight is 288 g/mol. The molecule has 6 nitrogen and oxygen atoms in total. The molecule has 21 heavy (non-hydrogen) atoms. The van der Waals surface area contributed by atoms with Gasteiger partial charge in [-0.15, -0.1) is 0 Å². The fraction of sp³-hybridized carbons (Fsp3) is 0.400. The monoisotopic (exact) mass is 288 g/mol. The lowest BCUT2D eigenvalue weighted by Gasteiger charge is -2.15. The number of nitrogens with one attached hydrogen (secondary N) is 1. The third-order valence-corrected chi connectivity index (χ3v) is 3.13. The second-order valence-electron chi connectivity index (χ2n) is 5.06. The van der Waals surface area contributed by atoms with Gasteiger partial charge in [-0.05, 0) is 32.9 Å². The lowest BCUT2D eigenvalue weighted by Crippen LogP contribution is -2.36. The number of amides is 1. The van der Waals surface area contributed by atoms with E-state index in [2.05, 4.69) is 15.4 Å². The van der Waals surface area contributed by atoms with E-state index in [0.717, 1.165) is 11.4 Å². The Bertz CT molecular complexity index is 636. The summed E-state index contributed by atoms with van der Waals surface area (Å²) in [6.07, 6.45) is 1.55. The van der Waals surface area contributed by atoms with E-state index in [-0.39, 0.29) is 11.9 Å². The molecule has 2 rings (SSSR count). The van der Waals surface area contributed by atoms with Gasteiger partial charge in [0.15, 0.2) is 0 Å². The molecule has 0 aliphatic heterocycles. The molecular weight excluding hydrogens is 268 g/mol. The van der Waals surface area contributed by atoms with Gasteiger partial charge < -0.3 is 10.1 Å². The Labute approximate surface area is 124 Å². The zero-order valence-electron chi connectivity index (χ0n) is 12.8. The van der Waals surface area contributed by atoms with Crippen molar-refractivity contribution in [1.82, 2.24) is 20.1 Å². The Kier molecular flexibility index (Phi) is 4.57. The van der Waals surface area contributed by atoms with Crippen molar-refractivity contribution in [2.45, 2.75) is 33.4 Å². The summed E-state index contributed by atoms with van der Waals surface area (Å²) in [4.78, 5) is 16.2. The van der Waals surface area contributed by atoms with E-state index in [1.165, 1.54) is 0 Å². The number of hydrogen-bond donors (Lipinski definition) is 1. The number of carbonyl (C=O) groups is 1. The van der Waals surface area contributed by atoms with Crippen LogP contribution in [0.2, 0.25) is 0 Å². The van der Waals surface area contributed by atoms with E-state index in [4.69, 9.17) is 4.74 Å². The summed E-state index contributed by atoms with van der Waals surface area (Å²) >= 11 is 0. The van der Waals surface area contributed by atoms with E-state index in [9.17, 15) is 4.79 Å². The minimum absolute atomic E-state index is 0.0523. The highest BCUT2D eigenvalue weighted by atomic mass is 16.5. The molecule has 0 aliphatic rings. The lowest BCUT2D eigenvalue weighted by atomic mass is 10.2. The van der Waals surface area contributed by atoms with Crippen molar-refractivity contribution in [1.29, 1.82) is 0 Å². The quantitative estimate of drug-likeness (QED) is 0.909. The van der Waals surface area contributed by atoms with Crippen LogP contribution in [0.15, 0.2) is 24.4 Å². The van der Waals surface area contributed by atoms with Crippen molar-refractivity contribution in [3.63, 3.8) is 0 Å². The second kappa shape index (κ2) is 6.39. The van der Waals surface area contributed by atoms with Crippen molar-refractivity contribution in [2.75, 3.05) is 7.11 Å². The third-order valence-electron chi connectivity index (χ3n) is 3.13. The molecular formula is C15H20N4O2. The Hall–Kier alpha value is -2.37. The van der Waals surface area contributed by atoms with Crippen molar-refractivity contribution in [2.24, 2.45) is 0 Å². The number of methoxy groups -OCH3 is 1. The van der Waals surface area contributed by atoms with E-state index in [1.807, 2.05) is 31.5 Å². The van der Waals surface area contributed by atoms with Crippen molar-refractivity contribution in [3.8, 4) is 5.75 Å². The maximum atomic E-state index is 12.1. The highest BCUT2D eigenvalue weighted by molar-refractivity contribution is 5.92. The fourth-order valence-corrected chi connectivity index (χ4v) is 2.12. The van der Waals surface area contributed by atoms with Crippen molar-refractivity contribution >= 4 is 5.91 Å². The highest BCUT2D eigenvalue weighted by Crippen LogP contribution is 2.10. The number of aromatic nitrogens is 3. The Morgan fingerprint density at radius 1 is 1.43 bits per heavy atom. The first-order valence-electron chi connectivity index (χ1n) is 6.81. The van der Waals surface area contributed by atoms with Crippen LogP contribution in [-0.2, 0) is 6.54 Å². The summed E-state index contributed by atoms with van der Waals surface area (Å²) in [5.74, 6) is 0.393. The normalized spacial score (nSPS) is 12.0. The molecule has 0 saturated carbocycles. The number of hydrogen-bond acceptors (Lipinski definition) is 4. The van der Waals surface area contributed by atoms with Gasteiger partial charge in [-0.1, -0.05) is 0 Å². The topological polar surface area (TPSA) is 69.0 Å². The molecule has 112 valence electrons. The first-order chi connectivity index (χ1) is 9.99. The molecule has 0 spiro atoms. The number of carbonyl (C=O) groups excluding carboxylic acids is 1. The SMILES string of the molecule is COc1ccnc(C(=O)N[C@@H](C)Cn2nc(C)cc2C)c1. The maximum absolute atomic E-state index is 12.1. The van der Waals surface area contributed by atoms with Crippen LogP contribution in [0.4, 0.5) is 0 Å². The molecule has 0 saturated heterocycles. The molecule has 1 N–H and O–H groups in total. The van der Waals surface area contributed by atoms with Gasteiger partial charge in [0, 0.05) is 24.0 Å². The molecule has 0 bridgehead atoms. The molecule has 0 fully saturated rings. The molecule has 6 heteroatoms. The predicted octanol–water partition coefficient (Wildman–Crippen LogP) is 1.72. The first-order valence-corrected chi connectivity index (χ1v) is 6.81. The summed E-state index contributed by atoms with van der Waals surface area (Å²) < 4.78 is 6.98. The smallest absolute Gasteiger partial charge is 0.270 e. The summed E-state index contributed by atoms with van der Waals surface area (Å²) in [6.45, 7) is 6.51. The van der Waals surface area contributed by atoms with Crippen LogP contribution >= 0.6 is 0 Å². The molecule has 0 unspecified atom stereocenters. The Morgan fingerprint density at radius 3 is 2.81 bits per heavy atom. The minimum atomic E-state index is -0.220. The summed E-state index contributed by atoms with van der Waals surface area (Å²) in [5.41, 5.74) is 2.39. The van der Waals surface area contributed by atoms with Crippen LogP contribution in [0.5, 0.6) is 5.75 Å². The zero-order valence-corrected chi connectivity index (χ0v) is 12.8. The van der Waals surface area contributed by atoms with Gasteiger partial charge in [0.2, 0.25) is 0 Å². The standard InChI is InChI=1S/C15H20N4O2/c1-10-7-12(3)19(18-10)9-11(2)17-15(20)14-8-13(21-4)5-6-16-14/h5-8,11H,9H2,1-4H3,(H,17,20)/t11-/m0/s1. The summed E-state index contributed by atoms with van der Waals surface area (Å²) in [7, 11) is 1.56. The van der Waals surface area contributed by atoms with Gasteiger partial charge in [0.05, 0.1) is 19.3 Å². The van der Waals surface area contributed by atoms with E-state index >= 15 is 0 Å². The van der Waals surface area contributed by atoms with Gasteiger partial charge in [-0.3, -0.25) is 14.5 Å². The largest absolute Gasteiger partial charge is 0.497 e. The molecule has 2 aromatic heterocycles. The molecule has 1 amide bonds. The van der Waals surface area contributed by atoms with Crippen molar-refractivity contribution < 1.29 is 9.53 Å². The highest BCUT2D eigenvalue weighted by Gasteiger charge is 2.13. The summed E-state index contributed by atoms with van der Waals surface area (Å²) in [6, 6.07) is 5.28. The van der Waals surface area contributed by atoms with Crippen LogP contribution in [0.1, 0.15) is 28.8 Å². The van der Waals surface area contributed by atoms with E-state index in [0.29, 0.717) is 18.0 Å². The molecule has 0 aromatic carbocycles. The summed E-state index contributed by atoms with van der Waals surface area (Å²) in [5, 5.41) is 7.30. The van der Waals surface area contributed by atoms with Gasteiger partial charge in [0.25, 0.3) is 5.91 Å². The van der Waals surface area contributed by atoms with Crippen LogP contribution in [0, 0.1) is 13.8 Å². The number of aryl methyl sites for hydroxylation is 2. The third kappa shape index (κ3) is 3.81.